The maximum Gasteiger partial charge on any atom is 0.411 e. The van der Waals surface area contributed by atoms with Crippen LogP contribution in [0.2, 0.25) is 5.02 Å². The van der Waals surface area contributed by atoms with Crippen LogP contribution in [0.25, 0.3) is 5.57 Å². The number of halogens is 1. The largest absolute Gasteiger partial charge is 0.443 e. The lowest BCUT2D eigenvalue weighted by Crippen LogP contribution is -2.53. The topological polar surface area (TPSA) is 38.3 Å². The van der Waals surface area contributed by atoms with Crippen LogP contribution in [0.1, 0.15) is 56.9 Å². The predicted molar refractivity (Wildman–Crippen MR) is 107 cm³/mol. The Bertz CT molecular complexity index is 790. The second kappa shape index (κ2) is 6.70. The minimum atomic E-state index is -0.266. The van der Waals surface area contributed by atoms with Crippen LogP contribution in [0.4, 0.5) is 4.79 Å². The molecule has 0 spiro atoms. The molecular weight excluding hydrogens is 358 g/mol. The van der Waals surface area contributed by atoms with Crippen LogP contribution >= 0.6 is 11.6 Å². The Morgan fingerprint density at radius 3 is 2.26 bits per heavy atom. The van der Waals surface area contributed by atoms with Gasteiger partial charge in [-0.3, -0.25) is 5.32 Å². The lowest BCUT2D eigenvalue weighted by atomic mass is 9.54. The molecule has 5 aliphatic rings. The number of carbonyl (C=O) groups excluding carboxylic acids is 1. The van der Waals surface area contributed by atoms with Gasteiger partial charge in [0, 0.05) is 10.7 Å². The van der Waals surface area contributed by atoms with Gasteiger partial charge < -0.3 is 4.74 Å². The van der Waals surface area contributed by atoms with Crippen molar-refractivity contribution in [3.05, 3.63) is 52.7 Å². The van der Waals surface area contributed by atoms with E-state index in [9.17, 15) is 4.79 Å². The van der Waals surface area contributed by atoms with E-state index in [1.807, 2.05) is 30.3 Å². The molecule has 0 radical (unpaired) electrons. The van der Waals surface area contributed by atoms with Gasteiger partial charge in [-0.15, -0.1) is 0 Å². The highest BCUT2D eigenvalue weighted by Gasteiger charge is 2.53. The van der Waals surface area contributed by atoms with E-state index < -0.39 is 0 Å². The summed E-state index contributed by atoms with van der Waals surface area (Å²) in [5, 5.41) is 3.78. The molecule has 0 saturated heterocycles. The van der Waals surface area contributed by atoms with Crippen LogP contribution in [-0.4, -0.2) is 11.7 Å². The monoisotopic (exact) mass is 383 g/mol. The third-order valence-electron chi connectivity index (χ3n) is 6.92. The van der Waals surface area contributed by atoms with Crippen molar-refractivity contribution in [2.24, 2.45) is 17.8 Å². The van der Waals surface area contributed by atoms with Gasteiger partial charge in [0.1, 0.15) is 5.60 Å². The first-order chi connectivity index (χ1) is 13.1. The fraction of sp³-hybridized carbons (Fsp3) is 0.522. The number of benzene rings is 1. The molecule has 1 amide bonds. The summed E-state index contributed by atoms with van der Waals surface area (Å²) >= 11 is 6.30. The second-order valence-electron chi connectivity index (χ2n) is 8.98. The zero-order chi connectivity index (χ0) is 18.4. The number of amides is 1. The van der Waals surface area contributed by atoms with E-state index in [0.717, 1.165) is 66.1 Å². The van der Waals surface area contributed by atoms with Crippen molar-refractivity contribution in [1.82, 2.24) is 5.32 Å². The van der Waals surface area contributed by atoms with E-state index in [4.69, 9.17) is 16.3 Å². The van der Waals surface area contributed by atoms with Crippen molar-refractivity contribution in [3.63, 3.8) is 0 Å². The molecule has 3 nitrogen and oxygen atoms in total. The minimum Gasteiger partial charge on any atom is -0.443 e. The van der Waals surface area contributed by atoms with Crippen molar-refractivity contribution in [1.29, 1.82) is 0 Å². The van der Waals surface area contributed by atoms with Gasteiger partial charge in [-0.25, -0.2) is 4.79 Å². The molecule has 1 aromatic rings. The first-order valence-electron chi connectivity index (χ1n) is 10.2. The SMILES string of the molecule is O=C(NC1=CC=C(c2ccccc2Cl)CC1)OC12CC3CC(CC(C3)C1)C2. The Hall–Kier alpha value is -1.74. The van der Waals surface area contributed by atoms with Gasteiger partial charge in [0.2, 0.25) is 0 Å². The molecule has 4 heteroatoms. The van der Waals surface area contributed by atoms with Crippen molar-refractivity contribution in [2.45, 2.75) is 57.0 Å². The van der Waals surface area contributed by atoms with Crippen molar-refractivity contribution < 1.29 is 9.53 Å². The highest BCUT2D eigenvalue weighted by Crippen LogP contribution is 2.57. The molecule has 0 unspecified atom stereocenters. The summed E-state index contributed by atoms with van der Waals surface area (Å²) in [6, 6.07) is 7.90. The van der Waals surface area contributed by atoms with E-state index in [2.05, 4.69) is 11.4 Å². The highest BCUT2D eigenvalue weighted by atomic mass is 35.5. The molecule has 1 aromatic carbocycles. The molecule has 1 N–H and O–H groups in total. The van der Waals surface area contributed by atoms with Gasteiger partial charge in [0.25, 0.3) is 0 Å². The number of carbonyl (C=O) groups is 1. The molecule has 4 fully saturated rings. The Labute approximate surface area is 165 Å². The molecule has 6 rings (SSSR count). The van der Waals surface area contributed by atoms with Crippen LogP contribution in [0.5, 0.6) is 0 Å². The Balaban J connectivity index is 1.24. The number of hydrogen-bond acceptors (Lipinski definition) is 2. The summed E-state index contributed by atoms with van der Waals surface area (Å²) < 4.78 is 6.05. The first kappa shape index (κ1) is 17.4. The maximum atomic E-state index is 12.6. The van der Waals surface area contributed by atoms with Gasteiger partial charge in [-0.05, 0) is 92.4 Å². The molecule has 4 saturated carbocycles. The molecular formula is C23H26ClNO2. The van der Waals surface area contributed by atoms with Crippen molar-refractivity contribution in [3.8, 4) is 0 Å². The van der Waals surface area contributed by atoms with Crippen molar-refractivity contribution in [2.75, 3.05) is 0 Å². The van der Waals surface area contributed by atoms with E-state index in [1.165, 1.54) is 24.8 Å². The second-order valence-corrected chi connectivity index (χ2v) is 9.39. The summed E-state index contributed by atoms with van der Waals surface area (Å²) in [4.78, 5) is 12.6. The average Bonchev–Trinajstić information content (AvgIpc) is 2.61. The normalized spacial score (nSPS) is 34.0. The van der Waals surface area contributed by atoms with Gasteiger partial charge in [0.05, 0.1) is 0 Å². The average molecular weight is 384 g/mol. The maximum absolute atomic E-state index is 12.6. The highest BCUT2D eigenvalue weighted by molar-refractivity contribution is 6.32. The summed E-state index contributed by atoms with van der Waals surface area (Å²) in [6.07, 6.45) is 12.7. The van der Waals surface area contributed by atoms with Crippen LogP contribution in [0.15, 0.2) is 42.1 Å². The van der Waals surface area contributed by atoms with E-state index in [1.54, 1.807) is 0 Å². The lowest BCUT2D eigenvalue weighted by Gasteiger charge is -2.55. The number of ether oxygens (including phenoxy) is 1. The predicted octanol–water partition coefficient (Wildman–Crippen LogP) is 6.10. The molecule has 0 atom stereocenters. The number of hydrogen-bond donors (Lipinski definition) is 1. The zero-order valence-electron chi connectivity index (χ0n) is 15.5. The molecule has 27 heavy (non-hydrogen) atoms. The number of allylic oxidation sites excluding steroid dienone is 4. The van der Waals surface area contributed by atoms with E-state index in [0.29, 0.717) is 0 Å². The van der Waals surface area contributed by atoms with Crippen molar-refractivity contribution >= 4 is 23.3 Å². The van der Waals surface area contributed by atoms with Crippen LogP contribution in [0.3, 0.4) is 0 Å². The first-order valence-corrected chi connectivity index (χ1v) is 10.6. The molecule has 0 heterocycles. The third-order valence-corrected chi connectivity index (χ3v) is 7.25. The molecule has 0 aromatic heterocycles. The number of alkyl carbamates (subject to hydrolysis) is 1. The van der Waals surface area contributed by atoms with E-state index >= 15 is 0 Å². The number of nitrogens with one attached hydrogen (secondary N) is 1. The fourth-order valence-corrected chi connectivity index (χ4v) is 6.45. The Morgan fingerprint density at radius 2 is 1.67 bits per heavy atom. The molecule has 5 aliphatic carbocycles. The molecule has 4 bridgehead atoms. The lowest BCUT2D eigenvalue weighted by molar-refractivity contribution is -0.126. The minimum absolute atomic E-state index is 0.188. The summed E-state index contributed by atoms with van der Waals surface area (Å²) in [7, 11) is 0. The summed E-state index contributed by atoms with van der Waals surface area (Å²) in [6.45, 7) is 0. The fourth-order valence-electron chi connectivity index (χ4n) is 6.20. The van der Waals surface area contributed by atoms with Crippen LogP contribution in [-0.2, 0) is 4.74 Å². The van der Waals surface area contributed by atoms with E-state index in [-0.39, 0.29) is 11.7 Å². The third kappa shape index (κ3) is 3.42. The summed E-state index contributed by atoms with van der Waals surface area (Å²) in [5.74, 6) is 2.33. The smallest absolute Gasteiger partial charge is 0.411 e. The van der Waals surface area contributed by atoms with Gasteiger partial charge in [-0.1, -0.05) is 35.9 Å². The van der Waals surface area contributed by atoms with Gasteiger partial charge >= 0.3 is 6.09 Å². The van der Waals surface area contributed by atoms with Gasteiger partial charge in [-0.2, -0.15) is 0 Å². The Morgan fingerprint density at radius 1 is 1.00 bits per heavy atom. The molecule has 0 aliphatic heterocycles. The van der Waals surface area contributed by atoms with Crippen LogP contribution < -0.4 is 5.32 Å². The Kier molecular flexibility index (Phi) is 4.31. The summed E-state index contributed by atoms with van der Waals surface area (Å²) in [5.41, 5.74) is 3.03. The zero-order valence-corrected chi connectivity index (χ0v) is 16.3. The van der Waals surface area contributed by atoms with Crippen LogP contribution in [0, 0.1) is 17.8 Å². The standard InChI is InChI=1S/C23H26ClNO2/c24-21-4-2-1-3-20(21)18-5-7-19(8-6-18)25-22(26)27-23-12-15-9-16(13-23)11-17(10-15)14-23/h1-5,7,15-17H,6,8-14H2,(H,25,26). The molecule has 142 valence electrons. The van der Waals surface area contributed by atoms with Gasteiger partial charge in [0.15, 0.2) is 0 Å². The number of rotatable bonds is 3. The quantitative estimate of drug-likeness (QED) is 0.685.